The molecule has 0 N–H and O–H groups in total. The minimum Gasteiger partial charge on any atom is -0.497 e. The van der Waals surface area contributed by atoms with Crippen molar-refractivity contribution in [1.82, 2.24) is 4.90 Å². The van der Waals surface area contributed by atoms with Gasteiger partial charge in [0, 0.05) is 0 Å². The Labute approximate surface area is 167 Å². The topological polar surface area (TPSA) is 62.0 Å². The van der Waals surface area contributed by atoms with Gasteiger partial charge < -0.3 is 4.74 Å². The summed E-state index contributed by atoms with van der Waals surface area (Å²) in [6.07, 6.45) is 4.99. The van der Waals surface area contributed by atoms with Crippen molar-refractivity contribution in [3.05, 3.63) is 77.6 Å². The van der Waals surface area contributed by atoms with Crippen LogP contribution in [0.3, 0.4) is 0 Å². The maximum absolute atomic E-state index is 13.2. The van der Waals surface area contributed by atoms with Crippen LogP contribution in [0.1, 0.15) is 11.1 Å². The highest BCUT2D eigenvalue weighted by Crippen LogP contribution is 2.23. The zero-order valence-corrected chi connectivity index (χ0v) is 15.8. The molecule has 2 aromatic carbocycles. The number of imide groups is 1. The maximum atomic E-state index is 13.2. The second-order valence-corrected chi connectivity index (χ2v) is 6.77. The molecule has 3 amide bonds. The number of halogens is 1. The molecule has 6 nitrogen and oxygen atoms in total. The molecule has 2 aliphatic heterocycles. The standard InChI is InChI=1S/C22H19FN3O3/c1-29-18-10-6-16(7-11-18)14-26-21(27)19-3-2-12-24-20(19)25(22(26)28)13-15-4-8-17(23)9-5-15/h2-12,19H,13-14H2,1H3/q+1. The van der Waals surface area contributed by atoms with Crippen LogP contribution in [-0.4, -0.2) is 40.6 Å². The summed E-state index contributed by atoms with van der Waals surface area (Å²) in [5.74, 6) is -0.208. The van der Waals surface area contributed by atoms with Crippen molar-refractivity contribution in [2.24, 2.45) is 10.9 Å². The number of hydrogen-bond acceptors (Lipinski definition) is 4. The molecule has 0 saturated carbocycles. The molecule has 29 heavy (non-hydrogen) atoms. The van der Waals surface area contributed by atoms with E-state index in [-0.39, 0.29) is 24.8 Å². The van der Waals surface area contributed by atoms with Gasteiger partial charge in [0.05, 0.1) is 7.11 Å². The van der Waals surface area contributed by atoms with Crippen molar-refractivity contribution in [3.63, 3.8) is 0 Å². The fourth-order valence-corrected chi connectivity index (χ4v) is 3.36. The molecule has 7 heteroatoms. The average Bonchev–Trinajstić information content (AvgIpc) is 2.76. The van der Waals surface area contributed by atoms with Crippen molar-refractivity contribution in [3.8, 4) is 5.75 Å². The zero-order valence-electron chi connectivity index (χ0n) is 15.8. The van der Waals surface area contributed by atoms with Gasteiger partial charge in [0.15, 0.2) is 5.92 Å². The third-order valence-corrected chi connectivity index (χ3v) is 4.90. The number of methoxy groups -OCH3 is 1. The number of amides is 3. The van der Waals surface area contributed by atoms with E-state index in [4.69, 9.17) is 4.74 Å². The Hall–Kier alpha value is -3.61. The summed E-state index contributed by atoms with van der Waals surface area (Å²) in [6, 6.07) is 12.7. The minimum absolute atomic E-state index is 0.142. The Bertz CT molecular complexity index is 1040. The van der Waals surface area contributed by atoms with E-state index in [2.05, 4.69) is 4.99 Å². The SMILES string of the molecule is COc1ccc(CN2C(=O)C3C=CC=NC3=[N+](Cc3ccc(F)cc3)C2=O)cc1. The Morgan fingerprint density at radius 3 is 2.45 bits per heavy atom. The molecule has 2 aliphatic rings. The van der Waals surface area contributed by atoms with E-state index in [0.717, 1.165) is 11.1 Å². The lowest BCUT2D eigenvalue weighted by Crippen LogP contribution is -2.53. The third-order valence-electron chi connectivity index (χ3n) is 4.90. The predicted octanol–water partition coefficient (Wildman–Crippen LogP) is 3.16. The second-order valence-electron chi connectivity index (χ2n) is 6.77. The highest BCUT2D eigenvalue weighted by molar-refractivity contribution is 6.14. The summed E-state index contributed by atoms with van der Waals surface area (Å²) in [5.41, 5.74) is 1.55. The summed E-state index contributed by atoms with van der Waals surface area (Å²) in [5, 5.41) is 0. The summed E-state index contributed by atoms with van der Waals surface area (Å²) in [7, 11) is 1.58. The fraction of sp³-hybridized carbons (Fsp3) is 0.182. The van der Waals surface area contributed by atoms with Gasteiger partial charge >= 0.3 is 11.9 Å². The molecule has 0 bridgehead atoms. The molecule has 1 atom stereocenters. The average molecular weight is 392 g/mol. The number of hydrogen-bond donors (Lipinski definition) is 0. The van der Waals surface area contributed by atoms with Crippen LogP contribution in [0, 0.1) is 11.7 Å². The van der Waals surface area contributed by atoms with Crippen molar-refractivity contribution < 1.29 is 23.3 Å². The molecule has 0 aliphatic carbocycles. The summed E-state index contributed by atoms with van der Waals surface area (Å²) in [4.78, 5) is 31.7. The van der Waals surface area contributed by atoms with Crippen LogP contribution in [0.15, 0.2) is 65.7 Å². The quantitative estimate of drug-likeness (QED) is 0.735. The summed E-state index contributed by atoms with van der Waals surface area (Å²) < 4.78 is 19.9. The molecular weight excluding hydrogens is 373 g/mol. The number of benzene rings is 2. The van der Waals surface area contributed by atoms with Crippen molar-refractivity contribution in [1.29, 1.82) is 0 Å². The number of ether oxygens (including phenoxy) is 1. The lowest BCUT2D eigenvalue weighted by atomic mass is 10.0. The number of nitrogens with zero attached hydrogens (tertiary/aromatic N) is 3. The molecule has 4 rings (SSSR count). The van der Waals surface area contributed by atoms with E-state index < -0.39 is 11.9 Å². The second kappa shape index (κ2) is 7.79. The van der Waals surface area contributed by atoms with E-state index in [1.165, 1.54) is 21.6 Å². The molecule has 146 valence electrons. The minimum atomic E-state index is -0.628. The van der Waals surface area contributed by atoms with E-state index in [0.29, 0.717) is 11.6 Å². The first-order chi connectivity index (χ1) is 14.1. The van der Waals surface area contributed by atoms with E-state index in [9.17, 15) is 14.0 Å². The van der Waals surface area contributed by atoms with Crippen LogP contribution < -0.4 is 4.74 Å². The lowest BCUT2D eigenvalue weighted by molar-refractivity contribution is -0.458. The number of aliphatic imine (C=N–C) groups is 1. The van der Waals surface area contributed by atoms with Gasteiger partial charge in [-0.3, -0.25) is 4.79 Å². The van der Waals surface area contributed by atoms with Gasteiger partial charge in [-0.05, 0) is 41.5 Å². The van der Waals surface area contributed by atoms with E-state index >= 15 is 0 Å². The molecule has 0 radical (unpaired) electrons. The number of rotatable bonds is 5. The van der Waals surface area contributed by atoms with Crippen LogP contribution in [0.5, 0.6) is 5.75 Å². The van der Waals surface area contributed by atoms with Gasteiger partial charge in [0.25, 0.3) is 5.84 Å². The highest BCUT2D eigenvalue weighted by atomic mass is 19.1. The van der Waals surface area contributed by atoms with Crippen LogP contribution in [0.4, 0.5) is 9.18 Å². The molecule has 1 unspecified atom stereocenters. The third kappa shape index (κ3) is 3.71. The molecule has 2 aromatic rings. The van der Waals surface area contributed by atoms with Crippen LogP contribution in [0.25, 0.3) is 0 Å². The number of carbonyl (C=O) groups is 2. The first-order valence-electron chi connectivity index (χ1n) is 9.15. The van der Waals surface area contributed by atoms with Gasteiger partial charge in [-0.15, -0.1) is 4.99 Å². The summed E-state index contributed by atoms with van der Waals surface area (Å²) in [6.45, 7) is 0.339. The predicted molar refractivity (Wildman–Crippen MR) is 105 cm³/mol. The lowest BCUT2D eigenvalue weighted by Gasteiger charge is -2.27. The normalized spacial score (nSPS) is 18.3. The Kier molecular flexibility index (Phi) is 5.03. The van der Waals surface area contributed by atoms with E-state index in [1.807, 2.05) is 12.1 Å². The Morgan fingerprint density at radius 2 is 1.76 bits per heavy atom. The molecule has 0 fully saturated rings. The van der Waals surface area contributed by atoms with Gasteiger partial charge in [-0.25, -0.2) is 9.18 Å². The first kappa shape index (κ1) is 18.7. The van der Waals surface area contributed by atoms with Crippen LogP contribution >= 0.6 is 0 Å². The molecule has 0 saturated heterocycles. The molecule has 0 aromatic heterocycles. The smallest absolute Gasteiger partial charge is 0.446 e. The Balaban J connectivity index is 1.67. The number of fused-ring (bicyclic) bond motifs is 1. The first-order valence-corrected chi connectivity index (χ1v) is 9.15. The number of amidine groups is 1. The highest BCUT2D eigenvalue weighted by Gasteiger charge is 2.46. The molecule has 0 spiro atoms. The number of carbonyl (C=O) groups excluding carboxylic acids is 2. The van der Waals surface area contributed by atoms with Crippen molar-refractivity contribution in [2.75, 3.05) is 7.11 Å². The van der Waals surface area contributed by atoms with Gasteiger partial charge in [0.1, 0.15) is 30.9 Å². The number of dihydropyridines is 1. The number of allylic oxidation sites excluding steroid dienone is 1. The zero-order chi connectivity index (χ0) is 20.4. The van der Waals surface area contributed by atoms with Gasteiger partial charge in [-0.1, -0.05) is 30.3 Å². The van der Waals surface area contributed by atoms with Crippen molar-refractivity contribution >= 4 is 24.0 Å². The monoisotopic (exact) mass is 392 g/mol. The van der Waals surface area contributed by atoms with E-state index in [1.54, 1.807) is 49.7 Å². The largest absolute Gasteiger partial charge is 0.497 e. The maximum Gasteiger partial charge on any atom is 0.446 e. The number of urea groups is 1. The van der Waals surface area contributed by atoms with Gasteiger partial charge in [-0.2, -0.15) is 9.48 Å². The van der Waals surface area contributed by atoms with Crippen molar-refractivity contribution in [2.45, 2.75) is 13.1 Å². The van der Waals surface area contributed by atoms with Crippen LogP contribution in [-0.2, 0) is 17.9 Å². The molecular formula is C22H19FN3O3+. The molecule has 2 heterocycles. The van der Waals surface area contributed by atoms with Crippen LogP contribution in [0.2, 0.25) is 0 Å². The Morgan fingerprint density at radius 1 is 1.07 bits per heavy atom. The fourth-order valence-electron chi connectivity index (χ4n) is 3.36. The van der Waals surface area contributed by atoms with Gasteiger partial charge in [0.2, 0.25) is 0 Å². The summed E-state index contributed by atoms with van der Waals surface area (Å²) >= 11 is 0.